The largest absolute Gasteiger partial charge is 0.394 e. The maximum atomic E-state index is 10.6. The van der Waals surface area contributed by atoms with Gasteiger partial charge >= 0.3 is 0 Å². The predicted molar refractivity (Wildman–Crippen MR) is 84.8 cm³/mol. The molecule has 13 heteroatoms. The maximum Gasteiger partial charge on any atom is 0.198 e. The smallest absolute Gasteiger partial charge is 0.198 e. The fourth-order valence-electron chi connectivity index (χ4n) is 3.57. The van der Waals surface area contributed by atoms with Crippen LogP contribution >= 0.6 is 12.3 Å². The van der Waals surface area contributed by atoms with Crippen LogP contribution in [-0.2, 0) is 37.2 Å². The Morgan fingerprint density at radius 1 is 1.11 bits per heavy atom. The number of ether oxygens (including phenoxy) is 5. The van der Waals surface area contributed by atoms with Crippen LogP contribution in [0.25, 0.3) is 0 Å². The van der Waals surface area contributed by atoms with Crippen LogP contribution in [0.2, 0.25) is 0 Å². The monoisotopic (exact) mass is 416 g/mol. The van der Waals surface area contributed by atoms with Crippen LogP contribution in [0.1, 0.15) is 6.92 Å². The number of aliphatic hydroxyl groups is 3. The van der Waals surface area contributed by atoms with Crippen molar-refractivity contribution in [3.05, 3.63) is 0 Å². The van der Waals surface area contributed by atoms with E-state index in [1.165, 1.54) is 7.11 Å². The average Bonchev–Trinajstić information content (AvgIpc) is 2.98. The molecule has 3 saturated heterocycles. The Hall–Kier alpha value is -0.130. The van der Waals surface area contributed by atoms with Gasteiger partial charge in [-0.25, -0.2) is 5.26 Å². The first kappa shape index (κ1) is 21.6. The van der Waals surface area contributed by atoms with E-state index >= 15 is 0 Å². The zero-order chi connectivity index (χ0) is 19.6. The second kappa shape index (κ2) is 9.58. The van der Waals surface area contributed by atoms with Gasteiger partial charge in [-0.2, -0.15) is 0 Å². The zero-order valence-electron chi connectivity index (χ0n) is 14.7. The highest BCUT2D eigenvalue weighted by molar-refractivity contribution is 7.89. The molecule has 0 aromatic heterocycles. The summed E-state index contributed by atoms with van der Waals surface area (Å²) in [6.07, 6.45) is -8.33. The number of rotatable bonds is 8. The fraction of sp³-hybridized carbons (Fsp3) is 1.00. The summed E-state index contributed by atoms with van der Waals surface area (Å²) < 4.78 is 37.3. The Labute approximate surface area is 159 Å². The number of hydrogen-bond donors (Lipinski definition) is 4. The zero-order valence-corrected chi connectivity index (χ0v) is 15.5. The third-order valence-corrected chi connectivity index (χ3v) is 5.33. The van der Waals surface area contributed by atoms with Gasteiger partial charge in [-0.1, -0.05) is 5.04 Å². The first-order valence-electron chi connectivity index (χ1n) is 8.39. The molecule has 4 unspecified atom stereocenters. The highest BCUT2D eigenvalue weighted by Gasteiger charge is 2.54. The predicted octanol–water partition coefficient (Wildman–Crippen LogP) is -1.62. The third-order valence-electron chi connectivity index (χ3n) is 4.92. The molecule has 3 aliphatic heterocycles. The Morgan fingerprint density at radius 2 is 1.89 bits per heavy atom. The van der Waals surface area contributed by atoms with Crippen molar-refractivity contribution in [3.8, 4) is 0 Å². The number of methoxy groups -OCH3 is 1. The van der Waals surface area contributed by atoms with Crippen molar-refractivity contribution in [1.82, 2.24) is 0 Å². The average molecular weight is 416 g/mol. The summed E-state index contributed by atoms with van der Waals surface area (Å²) in [4.78, 5) is 0. The van der Waals surface area contributed by atoms with Crippen LogP contribution in [0.5, 0.6) is 0 Å². The molecule has 10 atom stereocenters. The topological polar surface area (TPSA) is 155 Å². The van der Waals surface area contributed by atoms with E-state index in [0.29, 0.717) is 0 Å². The molecule has 27 heavy (non-hydrogen) atoms. The summed E-state index contributed by atoms with van der Waals surface area (Å²) in [6.45, 7) is 1.52. The molecule has 0 radical (unpaired) electrons. The molecule has 4 N–H and O–H groups in total. The van der Waals surface area contributed by atoms with E-state index in [1.54, 1.807) is 6.92 Å². The van der Waals surface area contributed by atoms with Gasteiger partial charge in [-0.05, 0) is 6.92 Å². The van der Waals surface area contributed by atoms with Gasteiger partial charge in [0.2, 0.25) is 0 Å². The molecule has 0 saturated carbocycles. The van der Waals surface area contributed by atoms with Gasteiger partial charge < -0.3 is 39.0 Å². The molecule has 158 valence electrons. The van der Waals surface area contributed by atoms with E-state index < -0.39 is 67.8 Å². The lowest BCUT2D eigenvalue weighted by atomic mass is 9.97. The summed E-state index contributed by atoms with van der Waals surface area (Å²) in [7, 11) is 1.34. The van der Waals surface area contributed by atoms with Crippen LogP contribution in [-0.4, -0.2) is 102 Å². The molecule has 0 amide bonds. The van der Waals surface area contributed by atoms with Gasteiger partial charge in [-0.3, -0.25) is 4.18 Å². The Morgan fingerprint density at radius 3 is 2.56 bits per heavy atom. The van der Waals surface area contributed by atoms with Crippen molar-refractivity contribution in [2.24, 2.45) is 0 Å². The third kappa shape index (κ3) is 4.40. The van der Waals surface area contributed by atoms with E-state index in [9.17, 15) is 15.3 Å². The summed E-state index contributed by atoms with van der Waals surface area (Å²) in [6, 6.07) is 0. The normalized spacial score (nSPS) is 47.3. The van der Waals surface area contributed by atoms with Crippen molar-refractivity contribution in [3.63, 3.8) is 0 Å². The van der Waals surface area contributed by atoms with Crippen LogP contribution in [0.3, 0.4) is 0 Å². The molecule has 0 aliphatic carbocycles. The second-order valence-corrected chi connectivity index (χ2v) is 6.92. The van der Waals surface area contributed by atoms with Crippen molar-refractivity contribution in [2.75, 3.05) is 20.3 Å². The molecule has 3 heterocycles. The molecule has 12 nitrogen and oxygen atoms in total. The van der Waals surface area contributed by atoms with Crippen LogP contribution in [0, 0.1) is 0 Å². The number of aliphatic hydroxyl groups excluding tert-OH is 3. The van der Waals surface area contributed by atoms with E-state index in [4.69, 9.17) is 33.1 Å². The number of hydrogen-bond acceptors (Lipinski definition) is 13. The fourth-order valence-corrected chi connectivity index (χ4v) is 3.96. The second-order valence-electron chi connectivity index (χ2n) is 6.46. The minimum Gasteiger partial charge on any atom is -0.394 e. The Bertz CT molecular complexity index is 471. The standard InChI is InChI=1S/C14H24O12S/c1-5-8(16)13-10(7(21-5)4-20-13)23-14-9(17)12(19-2)11(6(3-15)22-14)24-27-26-25-18/h5-18H,3-4H2,1-2H3/t5-,6?,7?,8?,9+,10+,11-,12?,13+,14+/m1/s1. The van der Waals surface area contributed by atoms with Crippen LogP contribution < -0.4 is 0 Å². The lowest BCUT2D eigenvalue weighted by Gasteiger charge is -2.45. The van der Waals surface area contributed by atoms with Gasteiger partial charge in [0.1, 0.15) is 48.8 Å². The molecule has 0 aromatic rings. The van der Waals surface area contributed by atoms with Crippen molar-refractivity contribution >= 4 is 12.3 Å². The molecular weight excluding hydrogens is 392 g/mol. The van der Waals surface area contributed by atoms with E-state index in [2.05, 4.69) is 9.37 Å². The van der Waals surface area contributed by atoms with Gasteiger partial charge in [0.15, 0.2) is 18.6 Å². The van der Waals surface area contributed by atoms with Crippen molar-refractivity contribution < 1.29 is 57.8 Å². The summed E-state index contributed by atoms with van der Waals surface area (Å²) in [5.74, 6) is 0. The first-order valence-corrected chi connectivity index (χ1v) is 9.06. The molecular formula is C14H24O12S. The lowest BCUT2D eigenvalue weighted by Crippen LogP contribution is -2.62. The van der Waals surface area contributed by atoms with Gasteiger partial charge in [-0.15, -0.1) is 4.33 Å². The van der Waals surface area contributed by atoms with Crippen molar-refractivity contribution in [1.29, 1.82) is 0 Å². The molecule has 0 aromatic carbocycles. The summed E-state index contributed by atoms with van der Waals surface area (Å²) >= 11 is 0.280. The van der Waals surface area contributed by atoms with Gasteiger partial charge in [0.05, 0.1) is 19.3 Å². The van der Waals surface area contributed by atoms with E-state index in [1.807, 2.05) is 0 Å². The molecule has 3 fully saturated rings. The Balaban J connectivity index is 1.68. The summed E-state index contributed by atoms with van der Waals surface area (Å²) in [5, 5.41) is 42.0. The minimum atomic E-state index is -1.30. The highest BCUT2D eigenvalue weighted by Crippen LogP contribution is 2.35. The van der Waals surface area contributed by atoms with Crippen LogP contribution in [0.4, 0.5) is 0 Å². The quantitative estimate of drug-likeness (QED) is 0.155. The molecule has 3 rings (SSSR count). The number of fused-ring (bicyclic) bond motifs is 2. The van der Waals surface area contributed by atoms with Gasteiger partial charge in [0.25, 0.3) is 0 Å². The minimum absolute atomic E-state index is 0.248. The highest BCUT2D eigenvalue weighted by atomic mass is 32.2. The molecule has 2 bridgehead atoms. The maximum absolute atomic E-state index is 10.6. The lowest BCUT2D eigenvalue weighted by molar-refractivity contribution is -0.435. The van der Waals surface area contributed by atoms with Crippen LogP contribution in [0.15, 0.2) is 0 Å². The van der Waals surface area contributed by atoms with E-state index in [-0.39, 0.29) is 18.9 Å². The molecule has 3 aliphatic rings. The molecule has 0 spiro atoms. The van der Waals surface area contributed by atoms with Crippen molar-refractivity contribution in [2.45, 2.75) is 68.1 Å². The Kier molecular flexibility index (Phi) is 7.65. The first-order chi connectivity index (χ1) is 13.0. The van der Waals surface area contributed by atoms with Gasteiger partial charge in [0, 0.05) is 7.11 Å². The SMILES string of the molecule is COC1[C@H](OSOOO)C(CO)O[C@@H](O[C@H]2C3CO[C@H]2C(O)[C@@H](C)O3)[C@H]1O. The summed E-state index contributed by atoms with van der Waals surface area (Å²) in [5.41, 5.74) is 0. The van der Waals surface area contributed by atoms with E-state index in [0.717, 1.165) is 0 Å².